The summed E-state index contributed by atoms with van der Waals surface area (Å²) in [5, 5.41) is 1.08. The highest BCUT2D eigenvalue weighted by Crippen LogP contribution is 2.20. The third kappa shape index (κ3) is 3.45. The summed E-state index contributed by atoms with van der Waals surface area (Å²) in [6.45, 7) is 3.58. The van der Waals surface area contributed by atoms with Crippen LogP contribution in [0.5, 0.6) is 0 Å². The van der Waals surface area contributed by atoms with Crippen LogP contribution in [-0.4, -0.2) is 43.6 Å². The van der Waals surface area contributed by atoms with Gasteiger partial charge in [0.05, 0.1) is 17.1 Å². The molecule has 0 aliphatic carbocycles. The summed E-state index contributed by atoms with van der Waals surface area (Å²) in [6.07, 6.45) is 8.12. The standard InChI is InChI=1S/C21H22N6/c1-2-9-22-19(5-1)21-24-12-16-13-27(11-8-18(16)26-21)14-17-7-6-15-4-3-10-23-20(15)25-17/h3-4,6-7,10,12H,1-2,5,8-9,11,13-14H2. The van der Waals surface area contributed by atoms with Gasteiger partial charge in [-0.05, 0) is 43.5 Å². The van der Waals surface area contributed by atoms with E-state index in [0.29, 0.717) is 0 Å². The Bertz CT molecular complexity index is 1010. The van der Waals surface area contributed by atoms with E-state index in [1.54, 1.807) is 6.20 Å². The molecule has 0 fully saturated rings. The Morgan fingerprint density at radius 2 is 2.00 bits per heavy atom. The zero-order chi connectivity index (χ0) is 18.1. The summed E-state index contributed by atoms with van der Waals surface area (Å²) in [4.78, 5) is 25.5. The molecule has 2 aliphatic heterocycles. The number of pyridine rings is 2. The minimum absolute atomic E-state index is 0.814. The summed E-state index contributed by atoms with van der Waals surface area (Å²) in [6, 6.07) is 8.18. The van der Waals surface area contributed by atoms with Crippen LogP contribution in [0.15, 0.2) is 41.7 Å². The normalized spacial score (nSPS) is 17.6. The smallest absolute Gasteiger partial charge is 0.173 e. The van der Waals surface area contributed by atoms with Gasteiger partial charge in [0.1, 0.15) is 0 Å². The molecular formula is C21H22N6. The summed E-state index contributed by atoms with van der Waals surface area (Å²) < 4.78 is 0. The van der Waals surface area contributed by atoms with Crippen molar-refractivity contribution in [1.82, 2.24) is 24.8 Å². The SMILES string of the molecule is c1cnc2nc(CN3CCc4nc(C5=NCCCC5)ncc4C3)ccc2c1. The molecule has 0 bridgehead atoms. The topological polar surface area (TPSA) is 67.2 Å². The lowest BCUT2D eigenvalue weighted by Crippen LogP contribution is -2.31. The molecule has 0 saturated carbocycles. The number of hydrogen-bond acceptors (Lipinski definition) is 6. The quantitative estimate of drug-likeness (QED) is 0.720. The van der Waals surface area contributed by atoms with E-state index in [4.69, 9.17) is 9.97 Å². The van der Waals surface area contributed by atoms with E-state index in [1.807, 2.05) is 18.3 Å². The zero-order valence-corrected chi connectivity index (χ0v) is 15.3. The molecule has 27 heavy (non-hydrogen) atoms. The first-order valence-electron chi connectivity index (χ1n) is 9.67. The highest BCUT2D eigenvalue weighted by Gasteiger charge is 2.20. The van der Waals surface area contributed by atoms with Crippen molar-refractivity contribution in [2.75, 3.05) is 13.1 Å². The number of fused-ring (bicyclic) bond motifs is 2. The second-order valence-electron chi connectivity index (χ2n) is 7.26. The van der Waals surface area contributed by atoms with Crippen molar-refractivity contribution in [3.8, 4) is 0 Å². The molecular weight excluding hydrogens is 336 g/mol. The second-order valence-corrected chi connectivity index (χ2v) is 7.26. The van der Waals surface area contributed by atoms with Gasteiger partial charge in [-0.3, -0.25) is 9.89 Å². The lowest BCUT2D eigenvalue weighted by atomic mass is 10.1. The second kappa shape index (κ2) is 7.12. The number of hydrogen-bond donors (Lipinski definition) is 0. The molecule has 3 aromatic rings. The van der Waals surface area contributed by atoms with Crippen LogP contribution in [-0.2, 0) is 19.5 Å². The van der Waals surface area contributed by atoms with E-state index in [0.717, 1.165) is 67.3 Å². The average molecular weight is 358 g/mol. The Morgan fingerprint density at radius 3 is 2.93 bits per heavy atom. The van der Waals surface area contributed by atoms with Gasteiger partial charge in [0.2, 0.25) is 0 Å². The Hall–Kier alpha value is -2.73. The van der Waals surface area contributed by atoms with Gasteiger partial charge in [-0.25, -0.2) is 19.9 Å². The molecule has 136 valence electrons. The third-order valence-electron chi connectivity index (χ3n) is 5.30. The third-order valence-corrected chi connectivity index (χ3v) is 5.30. The molecule has 5 rings (SSSR count). The van der Waals surface area contributed by atoms with Crippen molar-refractivity contribution in [2.45, 2.75) is 38.8 Å². The van der Waals surface area contributed by atoms with E-state index in [-0.39, 0.29) is 0 Å². The van der Waals surface area contributed by atoms with E-state index < -0.39 is 0 Å². The van der Waals surface area contributed by atoms with Crippen LogP contribution in [0.25, 0.3) is 11.0 Å². The zero-order valence-electron chi connectivity index (χ0n) is 15.3. The van der Waals surface area contributed by atoms with Gasteiger partial charge in [-0.2, -0.15) is 0 Å². The lowest BCUT2D eigenvalue weighted by Gasteiger charge is -2.27. The first kappa shape index (κ1) is 16.4. The molecule has 0 aromatic carbocycles. The van der Waals surface area contributed by atoms with Crippen molar-refractivity contribution in [3.05, 3.63) is 59.4 Å². The van der Waals surface area contributed by atoms with Crippen LogP contribution in [0.1, 0.15) is 42.0 Å². The van der Waals surface area contributed by atoms with Gasteiger partial charge in [0, 0.05) is 55.9 Å². The average Bonchev–Trinajstić information content (AvgIpc) is 2.74. The molecule has 3 aromatic heterocycles. The molecule has 0 saturated heterocycles. The summed E-state index contributed by atoms with van der Waals surface area (Å²) in [5.74, 6) is 0.837. The van der Waals surface area contributed by atoms with Gasteiger partial charge in [-0.15, -0.1) is 0 Å². The lowest BCUT2D eigenvalue weighted by molar-refractivity contribution is 0.240. The van der Waals surface area contributed by atoms with Crippen LogP contribution < -0.4 is 0 Å². The molecule has 0 unspecified atom stereocenters. The molecule has 0 radical (unpaired) electrons. The van der Waals surface area contributed by atoms with Crippen molar-refractivity contribution >= 4 is 16.7 Å². The van der Waals surface area contributed by atoms with Crippen LogP contribution in [0.2, 0.25) is 0 Å². The summed E-state index contributed by atoms with van der Waals surface area (Å²) in [5.41, 5.74) is 5.35. The van der Waals surface area contributed by atoms with Crippen molar-refractivity contribution < 1.29 is 0 Å². The first-order chi connectivity index (χ1) is 13.3. The van der Waals surface area contributed by atoms with Crippen LogP contribution >= 0.6 is 0 Å². The molecule has 0 N–H and O–H groups in total. The van der Waals surface area contributed by atoms with Gasteiger partial charge < -0.3 is 0 Å². The molecule has 0 amide bonds. The monoisotopic (exact) mass is 358 g/mol. The molecule has 2 aliphatic rings. The van der Waals surface area contributed by atoms with E-state index in [2.05, 4.69) is 32.0 Å². The van der Waals surface area contributed by atoms with E-state index in [9.17, 15) is 0 Å². The van der Waals surface area contributed by atoms with E-state index >= 15 is 0 Å². The Labute approximate surface area is 158 Å². The maximum absolute atomic E-state index is 4.83. The fourth-order valence-corrected chi connectivity index (χ4v) is 3.84. The van der Waals surface area contributed by atoms with Gasteiger partial charge in [0.15, 0.2) is 11.5 Å². The first-order valence-corrected chi connectivity index (χ1v) is 9.67. The van der Waals surface area contributed by atoms with Crippen LogP contribution in [0.3, 0.4) is 0 Å². The van der Waals surface area contributed by atoms with Gasteiger partial charge >= 0.3 is 0 Å². The van der Waals surface area contributed by atoms with Crippen molar-refractivity contribution in [3.63, 3.8) is 0 Å². The molecule has 0 spiro atoms. The van der Waals surface area contributed by atoms with Gasteiger partial charge in [0.25, 0.3) is 0 Å². The number of rotatable bonds is 3. The summed E-state index contributed by atoms with van der Waals surface area (Å²) >= 11 is 0. The Morgan fingerprint density at radius 1 is 1.00 bits per heavy atom. The number of nitrogens with zero attached hydrogens (tertiary/aromatic N) is 6. The highest BCUT2D eigenvalue weighted by atomic mass is 15.1. The fraction of sp³-hybridized carbons (Fsp3) is 0.381. The predicted octanol–water partition coefficient (Wildman–Crippen LogP) is 2.95. The van der Waals surface area contributed by atoms with Crippen molar-refractivity contribution in [2.24, 2.45) is 4.99 Å². The molecule has 0 atom stereocenters. The van der Waals surface area contributed by atoms with Crippen molar-refractivity contribution in [1.29, 1.82) is 0 Å². The van der Waals surface area contributed by atoms with Gasteiger partial charge in [-0.1, -0.05) is 0 Å². The minimum atomic E-state index is 0.814. The number of aromatic nitrogens is 4. The maximum Gasteiger partial charge on any atom is 0.173 e. The molecule has 6 nitrogen and oxygen atoms in total. The molecule has 5 heterocycles. The summed E-state index contributed by atoms with van der Waals surface area (Å²) in [7, 11) is 0. The Kier molecular flexibility index (Phi) is 4.33. The number of aliphatic imine (C=N–C) groups is 1. The fourth-order valence-electron chi connectivity index (χ4n) is 3.84. The molecule has 6 heteroatoms. The largest absolute Gasteiger partial charge is 0.293 e. The predicted molar refractivity (Wildman–Crippen MR) is 105 cm³/mol. The van der Waals surface area contributed by atoms with E-state index in [1.165, 1.54) is 24.1 Å². The minimum Gasteiger partial charge on any atom is -0.293 e. The maximum atomic E-state index is 4.83. The van der Waals surface area contributed by atoms with Crippen LogP contribution in [0, 0.1) is 0 Å². The Balaban J connectivity index is 1.32. The van der Waals surface area contributed by atoms with Crippen LogP contribution in [0.4, 0.5) is 0 Å². The highest BCUT2D eigenvalue weighted by molar-refractivity contribution is 5.97.